The van der Waals surface area contributed by atoms with Gasteiger partial charge in [0, 0.05) is 36.2 Å². The van der Waals surface area contributed by atoms with E-state index in [1.165, 1.54) is 0 Å². The van der Waals surface area contributed by atoms with Crippen LogP contribution in [0.2, 0.25) is 5.02 Å². The average Bonchev–Trinajstić information content (AvgIpc) is 3.51. The molecule has 0 radical (unpaired) electrons. The SMILES string of the molecule is COc1ccc2cc3n(c2c1)C[C@@](C)(C(=O)NC[C@H]1CCCO1)N(CCc1ccc(Cl)cc1)C3=O. The third kappa shape index (κ3) is 4.50. The largest absolute Gasteiger partial charge is 0.497 e. The maximum absolute atomic E-state index is 13.8. The number of amides is 2. The zero-order chi connectivity index (χ0) is 24.6. The molecule has 0 spiro atoms. The standard InChI is InChI=1S/C27H30ClN3O4/c1-27(26(33)29-16-22-4-3-13-35-22)17-30-23-15-21(34-2)10-7-19(23)14-24(30)25(32)31(27)12-11-18-5-8-20(28)9-6-18/h5-10,14-15,22H,3-4,11-13,16-17H2,1-2H3,(H,29,33)/t22-,27+/m1/s1. The van der Waals surface area contributed by atoms with Crippen molar-refractivity contribution in [2.75, 3.05) is 26.8 Å². The van der Waals surface area contributed by atoms with Gasteiger partial charge in [-0.15, -0.1) is 0 Å². The van der Waals surface area contributed by atoms with E-state index in [0.717, 1.165) is 35.9 Å². The predicted octanol–water partition coefficient (Wildman–Crippen LogP) is 4.06. The van der Waals surface area contributed by atoms with Gasteiger partial charge in [0.15, 0.2) is 0 Å². The summed E-state index contributed by atoms with van der Waals surface area (Å²) in [6.07, 6.45) is 2.58. The predicted molar refractivity (Wildman–Crippen MR) is 135 cm³/mol. The first-order valence-corrected chi connectivity index (χ1v) is 12.4. The zero-order valence-corrected chi connectivity index (χ0v) is 20.8. The van der Waals surface area contributed by atoms with E-state index in [1.54, 1.807) is 12.0 Å². The summed E-state index contributed by atoms with van der Waals surface area (Å²) in [7, 11) is 1.62. The number of hydrogen-bond donors (Lipinski definition) is 1. The van der Waals surface area contributed by atoms with Crippen LogP contribution in [0.4, 0.5) is 0 Å². The van der Waals surface area contributed by atoms with Crippen LogP contribution in [0, 0.1) is 0 Å². The molecular formula is C27H30ClN3O4. The van der Waals surface area contributed by atoms with Crippen LogP contribution < -0.4 is 10.1 Å². The second kappa shape index (κ2) is 9.55. The van der Waals surface area contributed by atoms with Gasteiger partial charge in [0.1, 0.15) is 17.0 Å². The number of benzene rings is 2. The lowest BCUT2D eigenvalue weighted by Crippen LogP contribution is -2.64. The van der Waals surface area contributed by atoms with Gasteiger partial charge in [0.2, 0.25) is 5.91 Å². The Hall–Kier alpha value is -3.03. The number of hydrogen-bond acceptors (Lipinski definition) is 4. The number of carbonyl (C=O) groups is 2. The fourth-order valence-electron chi connectivity index (χ4n) is 5.10. The smallest absolute Gasteiger partial charge is 0.271 e. The Labute approximate surface area is 209 Å². The Bertz CT molecular complexity index is 1250. The highest BCUT2D eigenvalue weighted by atomic mass is 35.5. The maximum atomic E-state index is 13.8. The molecule has 1 saturated heterocycles. The third-order valence-electron chi connectivity index (χ3n) is 7.18. The second-order valence-electron chi connectivity index (χ2n) is 9.49. The minimum absolute atomic E-state index is 0.0246. The average molecular weight is 496 g/mol. The van der Waals surface area contributed by atoms with Crippen molar-refractivity contribution < 1.29 is 19.1 Å². The van der Waals surface area contributed by atoms with Gasteiger partial charge in [-0.3, -0.25) is 9.59 Å². The number of ether oxygens (including phenoxy) is 2. The summed E-state index contributed by atoms with van der Waals surface area (Å²) in [4.78, 5) is 29.2. The monoisotopic (exact) mass is 495 g/mol. The lowest BCUT2D eigenvalue weighted by atomic mass is 9.93. The number of nitrogens with zero attached hydrogens (tertiary/aromatic N) is 2. The van der Waals surface area contributed by atoms with Crippen LogP contribution in [0.3, 0.4) is 0 Å². The lowest BCUT2D eigenvalue weighted by molar-refractivity contribution is -0.133. The Morgan fingerprint density at radius 2 is 2.03 bits per heavy atom. The van der Waals surface area contributed by atoms with Gasteiger partial charge in [0.25, 0.3) is 5.91 Å². The number of rotatable bonds is 7. The van der Waals surface area contributed by atoms with Crippen LogP contribution >= 0.6 is 11.6 Å². The van der Waals surface area contributed by atoms with E-state index in [9.17, 15) is 9.59 Å². The minimum Gasteiger partial charge on any atom is -0.497 e. The molecule has 0 unspecified atom stereocenters. The van der Waals surface area contributed by atoms with Gasteiger partial charge in [-0.2, -0.15) is 0 Å². The number of carbonyl (C=O) groups excluding carboxylic acids is 2. The molecule has 7 nitrogen and oxygen atoms in total. The van der Waals surface area contributed by atoms with E-state index < -0.39 is 5.54 Å². The highest BCUT2D eigenvalue weighted by Crippen LogP contribution is 2.34. The fraction of sp³-hybridized carbons (Fsp3) is 0.407. The first kappa shape index (κ1) is 23.7. The summed E-state index contributed by atoms with van der Waals surface area (Å²) in [6.45, 7) is 3.79. The van der Waals surface area contributed by atoms with Crippen LogP contribution in [0.25, 0.3) is 10.9 Å². The molecule has 3 heterocycles. The molecular weight excluding hydrogens is 466 g/mol. The van der Waals surface area contributed by atoms with Gasteiger partial charge < -0.3 is 24.3 Å². The van der Waals surface area contributed by atoms with Crippen molar-refractivity contribution in [3.63, 3.8) is 0 Å². The van der Waals surface area contributed by atoms with E-state index in [2.05, 4.69) is 5.32 Å². The van der Waals surface area contributed by atoms with Crippen molar-refractivity contribution in [3.05, 3.63) is 64.8 Å². The van der Waals surface area contributed by atoms with E-state index in [1.807, 2.05) is 60.0 Å². The molecule has 2 atom stereocenters. The molecule has 0 bridgehead atoms. The number of nitrogens with one attached hydrogen (secondary N) is 1. The zero-order valence-electron chi connectivity index (χ0n) is 20.1. The van der Waals surface area contributed by atoms with E-state index in [-0.39, 0.29) is 17.9 Å². The van der Waals surface area contributed by atoms with Gasteiger partial charge >= 0.3 is 0 Å². The molecule has 0 saturated carbocycles. The molecule has 0 aliphatic carbocycles. The Kier molecular flexibility index (Phi) is 6.47. The van der Waals surface area contributed by atoms with Gasteiger partial charge in [-0.25, -0.2) is 0 Å². The highest BCUT2D eigenvalue weighted by Gasteiger charge is 2.47. The highest BCUT2D eigenvalue weighted by molar-refractivity contribution is 6.30. The fourth-order valence-corrected chi connectivity index (χ4v) is 5.23. The number of methoxy groups -OCH3 is 1. The minimum atomic E-state index is -1.07. The molecule has 184 valence electrons. The van der Waals surface area contributed by atoms with Crippen LogP contribution in [0.1, 0.15) is 35.8 Å². The molecule has 2 aliphatic rings. The molecule has 3 aromatic rings. The molecule has 8 heteroatoms. The molecule has 5 rings (SSSR count). The number of aromatic nitrogens is 1. The maximum Gasteiger partial charge on any atom is 0.271 e. The van der Waals surface area contributed by atoms with E-state index >= 15 is 0 Å². The molecule has 2 amide bonds. The van der Waals surface area contributed by atoms with Gasteiger partial charge in [0.05, 0.1) is 25.3 Å². The Morgan fingerprint density at radius 1 is 1.23 bits per heavy atom. The molecule has 35 heavy (non-hydrogen) atoms. The summed E-state index contributed by atoms with van der Waals surface area (Å²) in [5.41, 5.74) is 1.45. The molecule has 2 aromatic carbocycles. The number of fused-ring (bicyclic) bond motifs is 3. The summed E-state index contributed by atoms with van der Waals surface area (Å²) in [6, 6.07) is 15.2. The van der Waals surface area contributed by atoms with Gasteiger partial charge in [-0.1, -0.05) is 23.7 Å². The van der Waals surface area contributed by atoms with Crippen molar-refractivity contribution in [3.8, 4) is 5.75 Å². The van der Waals surface area contributed by atoms with Crippen LogP contribution in [0.15, 0.2) is 48.5 Å². The Morgan fingerprint density at radius 3 is 2.74 bits per heavy atom. The summed E-state index contributed by atoms with van der Waals surface area (Å²) >= 11 is 6.04. The second-order valence-corrected chi connectivity index (χ2v) is 9.93. The van der Waals surface area contributed by atoms with Crippen molar-refractivity contribution in [1.82, 2.24) is 14.8 Å². The molecule has 1 fully saturated rings. The molecule has 1 N–H and O–H groups in total. The Balaban J connectivity index is 1.48. The van der Waals surface area contributed by atoms with Crippen LogP contribution in [0.5, 0.6) is 5.75 Å². The van der Waals surface area contributed by atoms with Crippen molar-refractivity contribution in [2.24, 2.45) is 0 Å². The molecule has 2 aliphatic heterocycles. The summed E-state index contributed by atoms with van der Waals surface area (Å²) in [5.74, 6) is 0.378. The topological polar surface area (TPSA) is 72.8 Å². The van der Waals surface area contributed by atoms with Crippen molar-refractivity contribution in [2.45, 2.75) is 44.4 Å². The van der Waals surface area contributed by atoms with Crippen molar-refractivity contribution in [1.29, 1.82) is 0 Å². The van der Waals surface area contributed by atoms with Crippen molar-refractivity contribution >= 4 is 34.3 Å². The first-order chi connectivity index (χ1) is 16.9. The third-order valence-corrected chi connectivity index (χ3v) is 7.43. The van der Waals surface area contributed by atoms with Crippen LogP contribution in [-0.4, -0.2) is 59.7 Å². The number of halogens is 1. The first-order valence-electron chi connectivity index (χ1n) is 12.0. The molecule has 1 aromatic heterocycles. The van der Waals surface area contributed by atoms with E-state index in [0.29, 0.717) is 42.5 Å². The quantitative estimate of drug-likeness (QED) is 0.536. The summed E-state index contributed by atoms with van der Waals surface area (Å²) in [5, 5.41) is 4.68. The van der Waals surface area contributed by atoms with Gasteiger partial charge in [-0.05, 0) is 62.1 Å². The summed E-state index contributed by atoms with van der Waals surface area (Å²) < 4.78 is 13.0. The lowest BCUT2D eigenvalue weighted by Gasteiger charge is -2.44. The normalized spacial score (nSPS) is 21.9. The van der Waals surface area contributed by atoms with Crippen LogP contribution in [-0.2, 0) is 22.5 Å². The van der Waals surface area contributed by atoms with E-state index in [4.69, 9.17) is 21.1 Å².